The number of carbonyl (C=O) groups is 1. The van der Waals surface area contributed by atoms with Gasteiger partial charge < -0.3 is 0 Å². The maximum absolute atomic E-state index is 11.0. The zero-order valence-electron chi connectivity index (χ0n) is 6.33. The van der Waals surface area contributed by atoms with Crippen molar-refractivity contribution in [2.45, 2.75) is 4.83 Å². The van der Waals surface area contributed by atoms with Gasteiger partial charge in [0.05, 0.1) is 0 Å². The average Bonchev–Trinajstić information content (AvgIpc) is 2.17. The van der Waals surface area contributed by atoms with E-state index in [2.05, 4.69) is 21.4 Å². The molecule has 0 aliphatic carbocycles. The topological polar surface area (TPSA) is 55.1 Å². The molecule has 12 heavy (non-hydrogen) atoms. The molecule has 64 valence electrons. The third kappa shape index (κ3) is 2.06. The molecule has 1 aromatic rings. The van der Waals surface area contributed by atoms with Crippen molar-refractivity contribution >= 4 is 21.8 Å². The second-order valence-electron chi connectivity index (χ2n) is 2.28. The lowest BCUT2D eigenvalue weighted by atomic mass is 10.1. The summed E-state index contributed by atoms with van der Waals surface area (Å²) < 4.78 is 0. The van der Waals surface area contributed by atoms with Gasteiger partial charge in [0, 0.05) is 0 Å². The van der Waals surface area contributed by atoms with Crippen LogP contribution < -0.4 is 11.3 Å². The Labute approximate surface area is 79.1 Å². The van der Waals surface area contributed by atoms with Gasteiger partial charge in [-0.05, 0) is 5.56 Å². The monoisotopic (exact) mass is 228 g/mol. The van der Waals surface area contributed by atoms with E-state index >= 15 is 0 Å². The van der Waals surface area contributed by atoms with Gasteiger partial charge in [-0.3, -0.25) is 10.2 Å². The number of hydrogen-bond donors (Lipinski definition) is 2. The van der Waals surface area contributed by atoms with Crippen molar-refractivity contribution in [2.24, 2.45) is 5.84 Å². The van der Waals surface area contributed by atoms with Crippen LogP contribution in [0, 0.1) is 0 Å². The zero-order chi connectivity index (χ0) is 8.97. The Balaban J connectivity index is 2.78. The number of benzene rings is 1. The third-order valence-corrected chi connectivity index (χ3v) is 2.41. The predicted octanol–water partition coefficient (Wildman–Crippen LogP) is 1.11. The van der Waals surface area contributed by atoms with E-state index in [9.17, 15) is 4.79 Å². The number of hydrazine groups is 1. The van der Waals surface area contributed by atoms with Gasteiger partial charge in [-0.25, -0.2) is 5.84 Å². The maximum atomic E-state index is 11.0. The summed E-state index contributed by atoms with van der Waals surface area (Å²) in [6.45, 7) is 0. The van der Waals surface area contributed by atoms with E-state index in [4.69, 9.17) is 5.84 Å². The van der Waals surface area contributed by atoms with Gasteiger partial charge in [0.1, 0.15) is 4.83 Å². The molecule has 1 amide bonds. The van der Waals surface area contributed by atoms with Crippen molar-refractivity contribution in [2.75, 3.05) is 0 Å². The van der Waals surface area contributed by atoms with Crippen LogP contribution in [0.3, 0.4) is 0 Å². The van der Waals surface area contributed by atoms with Crippen molar-refractivity contribution < 1.29 is 4.79 Å². The second-order valence-corrected chi connectivity index (χ2v) is 3.20. The van der Waals surface area contributed by atoms with Gasteiger partial charge in [0.15, 0.2) is 0 Å². The van der Waals surface area contributed by atoms with Crippen LogP contribution in [0.2, 0.25) is 0 Å². The first-order valence-corrected chi connectivity index (χ1v) is 4.36. The largest absolute Gasteiger partial charge is 0.293 e. The van der Waals surface area contributed by atoms with E-state index in [1.807, 2.05) is 30.3 Å². The number of rotatable bonds is 2. The van der Waals surface area contributed by atoms with E-state index in [1.165, 1.54) is 0 Å². The fourth-order valence-electron chi connectivity index (χ4n) is 0.847. The molecule has 4 heteroatoms. The summed E-state index contributed by atoms with van der Waals surface area (Å²) in [7, 11) is 0. The first-order valence-electron chi connectivity index (χ1n) is 3.45. The van der Waals surface area contributed by atoms with Crippen LogP contribution in [-0.2, 0) is 4.79 Å². The van der Waals surface area contributed by atoms with Crippen LogP contribution in [0.4, 0.5) is 0 Å². The number of hydrogen-bond acceptors (Lipinski definition) is 2. The summed E-state index contributed by atoms with van der Waals surface area (Å²) in [5.41, 5.74) is 2.97. The summed E-state index contributed by atoms with van der Waals surface area (Å²) in [5.74, 6) is 4.73. The van der Waals surface area contributed by atoms with Gasteiger partial charge in [0.25, 0.3) is 5.91 Å². The van der Waals surface area contributed by atoms with Crippen molar-refractivity contribution in [3.63, 3.8) is 0 Å². The van der Waals surface area contributed by atoms with Gasteiger partial charge in [0.2, 0.25) is 0 Å². The van der Waals surface area contributed by atoms with E-state index in [1.54, 1.807) is 0 Å². The van der Waals surface area contributed by atoms with Crippen molar-refractivity contribution in [1.29, 1.82) is 0 Å². The standard InChI is InChI=1S/C8H9BrN2O/c9-7(8(12)11-10)6-4-2-1-3-5-6/h1-5,7H,10H2,(H,11,12). The van der Waals surface area contributed by atoms with Crippen LogP contribution in [0.1, 0.15) is 10.4 Å². The molecule has 0 aliphatic rings. The van der Waals surface area contributed by atoms with E-state index in [0.717, 1.165) is 5.56 Å². The summed E-state index contributed by atoms with van der Waals surface area (Å²) in [6.07, 6.45) is 0. The molecule has 1 rings (SSSR count). The second kappa shape index (κ2) is 4.23. The molecule has 0 saturated carbocycles. The van der Waals surface area contributed by atoms with Crippen LogP contribution in [0.5, 0.6) is 0 Å². The molecule has 0 heterocycles. The smallest absolute Gasteiger partial charge is 0.252 e. The summed E-state index contributed by atoms with van der Waals surface area (Å²) in [5, 5.41) is 0. The van der Waals surface area contributed by atoms with Crippen LogP contribution in [0.25, 0.3) is 0 Å². The molecule has 0 aliphatic heterocycles. The highest BCUT2D eigenvalue weighted by Crippen LogP contribution is 2.21. The van der Waals surface area contributed by atoms with Crippen LogP contribution in [-0.4, -0.2) is 5.91 Å². The quantitative estimate of drug-likeness (QED) is 0.345. The Kier molecular flexibility index (Phi) is 3.25. The molecule has 1 unspecified atom stereocenters. The molecule has 1 aromatic carbocycles. The highest BCUT2D eigenvalue weighted by atomic mass is 79.9. The predicted molar refractivity (Wildman–Crippen MR) is 50.4 cm³/mol. The lowest BCUT2D eigenvalue weighted by Gasteiger charge is -2.06. The summed E-state index contributed by atoms with van der Waals surface area (Å²) in [4.78, 5) is 10.7. The first-order chi connectivity index (χ1) is 5.75. The molecule has 0 spiro atoms. The Hall–Kier alpha value is -0.870. The first kappa shape index (κ1) is 9.22. The molecule has 0 radical (unpaired) electrons. The SMILES string of the molecule is NNC(=O)C(Br)c1ccccc1. The molecular formula is C8H9BrN2O. The van der Waals surface area contributed by atoms with E-state index in [0.29, 0.717) is 0 Å². The number of carbonyl (C=O) groups excluding carboxylic acids is 1. The van der Waals surface area contributed by atoms with Gasteiger partial charge >= 0.3 is 0 Å². The van der Waals surface area contributed by atoms with Gasteiger partial charge in [-0.2, -0.15) is 0 Å². The Morgan fingerprint density at radius 3 is 2.50 bits per heavy atom. The van der Waals surface area contributed by atoms with Gasteiger partial charge in [-0.15, -0.1) is 0 Å². The molecular weight excluding hydrogens is 220 g/mol. The zero-order valence-corrected chi connectivity index (χ0v) is 7.91. The minimum atomic E-state index is -0.372. The van der Waals surface area contributed by atoms with Gasteiger partial charge in [-0.1, -0.05) is 46.3 Å². The Bertz CT molecular complexity index is 263. The number of amides is 1. The summed E-state index contributed by atoms with van der Waals surface area (Å²) >= 11 is 3.22. The number of nitrogens with two attached hydrogens (primary N) is 1. The van der Waals surface area contributed by atoms with E-state index in [-0.39, 0.29) is 10.7 Å². The number of alkyl halides is 1. The highest BCUT2D eigenvalue weighted by Gasteiger charge is 2.14. The molecule has 3 N–H and O–H groups in total. The molecule has 3 nitrogen and oxygen atoms in total. The fourth-order valence-corrected chi connectivity index (χ4v) is 1.28. The highest BCUT2D eigenvalue weighted by molar-refractivity contribution is 9.09. The molecule has 0 fully saturated rings. The summed E-state index contributed by atoms with van der Waals surface area (Å²) in [6, 6.07) is 9.34. The molecule has 0 bridgehead atoms. The van der Waals surface area contributed by atoms with Crippen molar-refractivity contribution in [3.8, 4) is 0 Å². The molecule has 0 saturated heterocycles. The minimum absolute atomic E-state index is 0.249. The Morgan fingerprint density at radius 2 is 2.00 bits per heavy atom. The van der Waals surface area contributed by atoms with Crippen LogP contribution in [0.15, 0.2) is 30.3 Å². The lowest BCUT2D eigenvalue weighted by molar-refractivity contribution is -0.120. The minimum Gasteiger partial charge on any atom is -0.293 e. The number of halogens is 1. The maximum Gasteiger partial charge on any atom is 0.252 e. The molecule has 0 aromatic heterocycles. The van der Waals surface area contributed by atoms with E-state index < -0.39 is 0 Å². The van der Waals surface area contributed by atoms with Crippen LogP contribution >= 0.6 is 15.9 Å². The van der Waals surface area contributed by atoms with Crippen molar-refractivity contribution in [3.05, 3.63) is 35.9 Å². The van der Waals surface area contributed by atoms with Crippen molar-refractivity contribution in [1.82, 2.24) is 5.43 Å². The third-order valence-electron chi connectivity index (χ3n) is 1.46. The number of nitrogens with one attached hydrogen (secondary N) is 1. The normalized spacial score (nSPS) is 12.2. The Morgan fingerprint density at radius 1 is 1.42 bits per heavy atom. The molecule has 1 atom stereocenters. The average molecular weight is 229 g/mol. The fraction of sp³-hybridized carbons (Fsp3) is 0.125. The lowest BCUT2D eigenvalue weighted by Crippen LogP contribution is -2.32.